The van der Waals surface area contributed by atoms with Gasteiger partial charge in [-0.25, -0.2) is 0 Å². The summed E-state index contributed by atoms with van der Waals surface area (Å²) in [5.41, 5.74) is 3.79. The molecule has 0 saturated heterocycles. The number of rotatable bonds is 1. The Labute approximate surface area is 92.5 Å². The number of aryl methyl sites for hydroxylation is 1. The van der Waals surface area contributed by atoms with Crippen molar-refractivity contribution in [3.63, 3.8) is 0 Å². The predicted molar refractivity (Wildman–Crippen MR) is 63.3 cm³/mol. The zero-order chi connectivity index (χ0) is 10.1. The maximum atomic E-state index is 3.43. The van der Waals surface area contributed by atoms with Gasteiger partial charge in [0.1, 0.15) is 0 Å². The van der Waals surface area contributed by atoms with E-state index in [-0.39, 0.29) is 0 Å². The normalized spacial score (nSPS) is 10.5. The van der Waals surface area contributed by atoms with E-state index in [0.717, 1.165) is 4.47 Å². The van der Waals surface area contributed by atoms with Gasteiger partial charge in [-0.3, -0.25) is 0 Å². The Morgan fingerprint density at radius 2 is 1.64 bits per heavy atom. The van der Waals surface area contributed by atoms with Gasteiger partial charge >= 0.3 is 0 Å². The second-order valence-corrected chi connectivity index (χ2v) is 4.34. The lowest BCUT2D eigenvalue weighted by molar-refractivity contribution is 0.891. The Hall–Kier alpha value is -1.02. The average Bonchev–Trinajstić information content (AvgIpc) is 2.50. The summed E-state index contributed by atoms with van der Waals surface area (Å²) in [7, 11) is 2.09. The van der Waals surface area contributed by atoms with E-state index in [4.69, 9.17) is 0 Å². The highest BCUT2D eigenvalue weighted by atomic mass is 79.9. The Morgan fingerprint density at radius 1 is 1.00 bits per heavy atom. The van der Waals surface area contributed by atoms with Crippen LogP contribution in [0.4, 0.5) is 0 Å². The molecule has 14 heavy (non-hydrogen) atoms. The van der Waals surface area contributed by atoms with E-state index < -0.39 is 0 Å². The van der Waals surface area contributed by atoms with E-state index in [0.29, 0.717) is 0 Å². The minimum Gasteiger partial charge on any atom is -0.348 e. The topological polar surface area (TPSA) is 4.93 Å². The Bertz CT molecular complexity index is 440. The van der Waals surface area contributed by atoms with Crippen LogP contribution in [0.5, 0.6) is 0 Å². The molecular formula is C12H12BrN. The van der Waals surface area contributed by atoms with Crippen LogP contribution in [0.3, 0.4) is 0 Å². The molecule has 1 aromatic heterocycles. The van der Waals surface area contributed by atoms with Crippen molar-refractivity contribution < 1.29 is 0 Å². The molecule has 0 N–H and O–H groups in total. The molecule has 0 atom stereocenters. The number of benzene rings is 1. The van der Waals surface area contributed by atoms with Crippen molar-refractivity contribution >= 4 is 15.9 Å². The highest BCUT2D eigenvalue weighted by Gasteiger charge is 2.02. The van der Waals surface area contributed by atoms with Gasteiger partial charge in [-0.2, -0.15) is 0 Å². The zero-order valence-electron chi connectivity index (χ0n) is 8.29. The molecule has 0 fully saturated rings. The lowest BCUT2D eigenvalue weighted by atomic mass is 10.1. The molecule has 72 valence electrons. The molecule has 0 aliphatic rings. The summed E-state index contributed by atoms with van der Waals surface area (Å²) < 4.78 is 3.32. The molecule has 2 aromatic rings. The molecule has 0 spiro atoms. The van der Waals surface area contributed by atoms with Crippen molar-refractivity contribution in [1.82, 2.24) is 4.57 Å². The standard InChI is InChI=1S/C12H12BrN/c1-9-3-8-12(14(9)2)10-4-6-11(13)7-5-10/h3-8H,1-2H3. The SMILES string of the molecule is Cc1ccc(-c2ccc(Br)cc2)n1C. The van der Waals surface area contributed by atoms with Crippen molar-refractivity contribution in [2.45, 2.75) is 6.92 Å². The lowest BCUT2D eigenvalue weighted by Gasteiger charge is -2.05. The Kier molecular flexibility index (Phi) is 2.46. The first kappa shape index (κ1) is 9.53. The highest BCUT2D eigenvalue weighted by molar-refractivity contribution is 9.10. The van der Waals surface area contributed by atoms with Crippen LogP contribution in [-0.2, 0) is 7.05 Å². The van der Waals surface area contributed by atoms with Gasteiger partial charge in [-0.1, -0.05) is 28.1 Å². The van der Waals surface area contributed by atoms with Crippen LogP contribution < -0.4 is 0 Å². The first-order valence-corrected chi connectivity index (χ1v) is 5.36. The third-order valence-electron chi connectivity index (χ3n) is 2.51. The van der Waals surface area contributed by atoms with Crippen molar-refractivity contribution in [3.05, 3.63) is 46.6 Å². The van der Waals surface area contributed by atoms with Gasteiger partial charge in [0.15, 0.2) is 0 Å². The summed E-state index contributed by atoms with van der Waals surface area (Å²) in [6.07, 6.45) is 0. The first-order chi connectivity index (χ1) is 6.68. The molecule has 2 rings (SSSR count). The third kappa shape index (κ3) is 1.62. The fourth-order valence-electron chi connectivity index (χ4n) is 1.52. The van der Waals surface area contributed by atoms with Gasteiger partial charge in [0.2, 0.25) is 0 Å². The van der Waals surface area contributed by atoms with Crippen LogP contribution in [0.2, 0.25) is 0 Å². The van der Waals surface area contributed by atoms with Gasteiger partial charge < -0.3 is 4.57 Å². The van der Waals surface area contributed by atoms with E-state index >= 15 is 0 Å². The van der Waals surface area contributed by atoms with Crippen molar-refractivity contribution in [3.8, 4) is 11.3 Å². The minimum atomic E-state index is 1.12. The van der Waals surface area contributed by atoms with Gasteiger partial charge in [0.05, 0.1) is 0 Å². The van der Waals surface area contributed by atoms with E-state index in [9.17, 15) is 0 Å². The van der Waals surface area contributed by atoms with Crippen molar-refractivity contribution in [1.29, 1.82) is 0 Å². The van der Waals surface area contributed by atoms with Crippen LogP contribution in [0.1, 0.15) is 5.69 Å². The average molecular weight is 250 g/mol. The molecule has 1 heterocycles. The number of hydrogen-bond acceptors (Lipinski definition) is 0. The van der Waals surface area contributed by atoms with Crippen molar-refractivity contribution in [2.75, 3.05) is 0 Å². The largest absolute Gasteiger partial charge is 0.348 e. The third-order valence-corrected chi connectivity index (χ3v) is 3.04. The summed E-state index contributed by atoms with van der Waals surface area (Å²) in [5.74, 6) is 0. The second-order valence-electron chi connectivity index (χ2n) is 3.43. The molecule has 0 aliphatic carbocycles. The summed E-state index contributed by atoms with van der Waals surface area (Å²) in [6.45, 7) is 2.11. The Morgan fingerprint density at radius 3 is 2.14 bits per heavy atom. The van der Waals surface area contributed by atoms with E-state index in [2.05, 4.69) is 70.9 Å². The summed E-state index contributed by atoms with van der Waals surface area (Å²) >= 11 is 3.43. The van der Waals surface area contributed by atoms with Crippen LogP contribution in [-0.4, -0.2) is 4.57 Å². The molecule has 1 nitrogen and oxygen atoms in total. The number of halogens is 1. The maximum absolute atomic E-state index is 3.43. The molecular weight excluding hydrogens is 238 g/mol. The minimum absolute atomic E-state index is 1.12. The fourth-order valence-corrected chi connectivity index (χ4v) is 1.79. The molecule has 0 radical (unpaired) electrons. The highest BCUT2D eigenvalue weighted by Crippen LogP contribution is 2.22. The van der Waals surface area contributed by atoms with Gasteiger partial charge in [0.25, 0.3) is 0 Å². The van der Waals surface area contributed by atoms with Gasteiger partial charge in [-0.05, 0) is 36.8 Å². The lowest BCUT2D eigenvalue weighted by Crippen LogP contribution is -1.93. The quantitative estimate of drug-likeness (QED) is 0.726. The van der Waals surface area contributed by atoms with Crippen LogP contribution in [0, 0.1) is 6.92 Å². The van der Waals surface area contributed by atoms with Gasteiger partial charge in [-0.15, -0.1) is 0 Å². The molecule has 0 bridgehead atoms. The van der Waals surface area contributed by atoms with Crippen LogP contribution >= 0.6 is 15.9 Å². The maximum Gasteiger partial charge on any atom is 0.0479 e. The molecule has 0 unspecified atom stereocenters. The van der Waals surface area contributed by atoms with E-state index in [1.807, 2.05) is 0 Å². The van der Waals surface area contributed by atoms with Crippen LogP contribution in [0.15, 0.2) is 40.9 Å². The summed E-state index contributed by atoms with van der Waals surface area (Å²) in [5, 5.41) is 0. The molecule has 1 aromatic carbocycles. The Balaban J connectivity index is 2.49. The number of aromatic nitrogens is 1. The fraction of sp³-hybridized carbons (Fsp3) is 0.167. The molecule has 0 amide bonds. The summed E-state index contributed by atoms with van der Waals surface area (Å²) in [4.78, 5) is 0. The van der Waals surface area contributed by atoms with E-state index in [1.165, 1.54) is 17.0 Å². The number of hydrogen-bond donors (Lipinski definition) is 0. The molecule has 2 heteroatoms. The monoisotopic (exact) mass is 249 g/mol. The molecule has 0 aliphatic heterocycles. The predicted octanol–water partition coefficient (Wildman–Crippen LogP) is 3.76. The molecule has 0 saturated carbocycles. The van der Waals surface area contributed by atoms with E-state index in [1.54, 1.807) is 0 Å². The van der Waals surface area contributed by atoms with Crippen LogP contribution in [0.25, 0.3) is 11.3 Å². The smallest absolute Gasteiger partial charge is 0.0479 e. The first-order valence-electron chi connectivity index (χ1n) is 4.57. The van der Waals surface area contributed by atoms with Crippen molar-refractivity contribution in [2.24, 2.45) is 7.05 Å². The zero-order valence-corrected chi connectivity index (χ0v) is 9.88. The van der Waals surface area contributed by atoms with Gasteiger partial charge in [0, 0.05) is 22.9 Å². The summed E-state index contributed by atoms with van der Waals surface area (Å²) in [6, 6.07) is 12.7. The second kappa shape index (κ2) is 3.62. The number of nitrogens with zero attached hydrogens (tertiary/aromatic N) is 1.